The fourth-order valence-electron chi connectivity index (χ4n) is 2.53. The van der Waals surface area contributed by atoms with E-state index in [0.717, 1.165) is 11.1 Å². The summed E-state index contributed by atoms with van der Waals surface area (Å²) in [6.45, 7) is 0.469. The number of aromatic nitrogens is 2. The van der Waals surface area contributed by atoms with Crippen LogP contribution in [-0.4, -0.2) is 41.0 Å². The van der Waals surface area contributed by atoms with Gasteiger partial charge in [0.1, 0.15) is 0 Å². The van der Waals surface area contributed by atoms with Crippen LogP contribution in [0.3, 0.4) is 0 Å². The first-order chi connectivity index (χ1) is 13.1. The zero-order valence-electron chi connectivity index (χ0n) is 15.1. The molecule has 27 heavy (non-hydrogen) atoms. The van der Waals surface area contributed by atoms with Gasteiger partial charge < -0.3 is 14.6 Å². The highest BCUT2D eigenvalue weighted by Gasteiger charge is 2.14. The highest BCUT2D eigenvalue weighted by atomic mass is 32.1. The van der Waals surface area contributed by atoms with Crippen LogP contribution in [0.15, 0.2) is 45.5 Å². The molecule has 2 heterocycles. The van der Waals surface area contributed by atoms with Crippen LogP contribution in [0, 0.1) is 0 Å². The summed E-state index contributed by atoms with van der Waals surface area (Å²) in [5.41, 5.74) is 2.44. The molecule has 0 unspecified atom stereocenters. The van der Waals surface area contributed by atoms with Gasteiger partial charge in [0.15, 0.2) is 0 Å². The summed E-state index contributed by atoms with van der Waals surface area (Å²) in [5, 5.41) is 14.5. The lowest BCUT2D eigenvalue weighted by Crippen LogP contribution is -2.26. The van der Waals surface area contributed by atoms with Gasteiger partial charge in [0.25, 0.3) is 5.91 Å². The Morgan fingerprint density at radius 2 is 1.96 bits per heavy atom. The molecule has 2 aromatic heterocycles. The number of carbonyl (C=O) groups is 2. The highest BCUT2D eigenvalue weighted by Crippen LogP contribution is 2.21. The molecule has 0 spiro atoms. The lowest BCUT2D eigenvalue weighted by Gasteiger charge is -2.17. The van der Waals surface area contributed by atoms with Gasteiger partial charge in [0.2, 0.25) is 17.7 Å². The van der Waals surface area contributed by atoms with E-state index in [1.54, 1.807) is 42.5 Å². The number of amides is 2. The molecule has 140 valence electrons. The van der Waals surface area contributed by atoms with E-state index in [9.17, 15) is 9.59 Å². The third-order valence-electron chi connectivity index (χ3n) is 4.08. The predicted molar refractivity (Wildman–Crippen MR) is 102 cm³/mol. The van der Waals surface area contributed by atoms with Crippen LogP contribution >= 0.6 is 11.3 Å². The maximum atomic E-state index is 12.4. The smallest absolute Gasteiger partial charge is 0.251 e. The Labute approximate surface area is 161 Å². The van der Waals surface area contributed by atoms with E-state index >= 15 is 0 Å². The lowest BCUT2D eigenvalue weighted by molar-refractivity contribution is -0.130. The number of aryl methyl sites for hydroxylation is 1. The molecule has 3 aromatic rings. The standard InChI is InChI=1S/C19H20N4O3S/c1-20-18(25)14-5-3-13(4-6-14)11-23(2)17(24)8-7-16-21-22-19(26-16)15-9-10-27-12-15/h3-6,9-10,12H,7-8,11H2,1-2H3,(H,20,25). The van der Waals surface area contributed by atoms with Gasteiger partial charge in [-0.2, -0.15) is 11.3 Å². The van der Waals surface area contributed by atoms with Crippen LogP contribution in [0.4, 0.5) is 0 Å². The second-order valence-corrected chi connectivity index (χ2v) is 6.82. The van der Waals surface area contributed by atoms with Gasteiger partial charge in [-0.15, -0.1) is 10.2 Å². The molecule has 0 bridgehead atoms. The molecule has 7 nitrogen and oxygen atoms in total. The quantitative estimate of drug-likeness (QED) is 0.677. The van der Waals surface area contributed by atoms with Gasteiger partial charge in [-0.3, -0.25) is 9.59 Å². The van der Waals surface area contributed by atoms with Crippen molar-refractivity contribution in [3.8, 4) is 11.5 Å². The summed E-state index contributed by atoms with van der Waals surface area (Å²) in [6, 6.07) is 9.10. The normalized spacial score (nSPS) is 10.6. The summed E-state index contributed by atoms with van der Waals surface area (Å²) in [6.07, 6.45) is 0.689. The zero-order chi connectivity index (χ0) is 19.2. The molecule has 2 amide bonds. The predicted octanol–water partition coefficient (Wildman–Crippen LogP) is 2.75. The summed E-state index contributed by atoms with van der Waals surface area (Å²) in [7, 11) is 3.34. The molecule has 8 heteroatoms. The molecule has 0 aliphatic carbocycles. The zero-order valence-corrected chi connectivity index (χ0v) is 16.0. The first-order valence-electron chi connectivity index (χ1n) is 8.46. The van der Waals surface area contributed by atoms with E-state index in [1.807, 2.05) is 29.0 Å². The van der Waals surface area contributed by atoms with Crippen LogP contribution in [0.1, 0.15) is 28.2 Å². The Balaban J connectivity index is 1.51. The number of carbonyl (C=O) groups excluding carboxylic acids is 2. The number of hydrogen-bond acceptors (Lipinski definition) is 6. The van der Waals surface area contributed by atoms with Crippen LogP contribution in [-0.2, 0) is 17.8 Å². The van der Waals surface area contributed by atoms with Crippen molar-refractivity contribution in [1.82, 2.24) is 20.4 Å². The molecular formula is C19H20N4O3S. The van der Waals surface area contributed by atoms with Gasteiger partial charge in [-0.1, -0.05) is 12.1 Å². The van der Waals surface area contributed by atoms with Crippen LogP contribution in [0.2, 0.25) is 0 Å². The average Bonchev–Trinajstić information content (AvgIpc) is 3.37. The molecule has 3 rings (SSSR count). The van der Waals surface area contributed by atoms with Crippen molar-refractivity contribution in [3.63, 3.8) is 0 Å². The molecule has 1 N–H and O–H groups in total. The molecule has 0 aliphatic rings. The third kappa shape index (κ3) is 4.79. The monoisotopic (exact) mass is 384 g/mol. The Hall–Kier alpha value is -3.00. The van der Waals surface area contributed by atoms with Gasteiger partial charge >= 0.3 is 0 Å². The second-order valence-electron chi connectivity index (χ2n) is 6.04. The second kappa shape index (κ2) is 8.59. The molecule has 0 aliphatic heterocycles. The van der Waals surface area contributed by atoms with Gasteiger partial charge in [0.05, 0.1) is 0 Å². The highest BCUT2D eigenvalue weighted by molar-refractivity contribution is 7.08. The lowest BCUT2D eigenvalue weighted by atomic mass is 10.1. The molecule has 0 fully saturated rings. The fourth-order valence-corrected chi connectivity index (χ4v) is 3.16. The number of thiophene rings is 1. The minimum atomic E-state index is -0.132. The Kier molecular flexibility index (Phi) is 5.97. The maximum absolute atomic E-state index is 12.4. The number of hydrogen-bond donors (Lipinski definition) is 1. The first kappa shape index (κ1) is 18.8. The molecule has 0 atom stereocenters. The van der Waals surface area contributed by atoms with Gasteiger partial charge in [-0.05, 0) is 29.1 Å². The Morgan fingerprint density at radius 3 is 2.63 bits per heavy atom. The van der Waals surface area contributed by atoms with Crippen molar-refractivity contribution in [1.29, 1.82) is 0 Å². The van der Waals surface area contributed by atoms with Crippen molar-refractivity contribution >= 4 is 23.2 Å². The van der Waals surface area contributed by atoms with Crippen LogP contribution in [0.25, 0.3) is 11.5 Å². The minimum absolute atomic E-state index is 0.0133. The van der Waals surface area contributed by atoms with Crippen LogP contribution < -0.4 is 5.32 Å². The van der Waals surface area contributed by atoms with E-state index in [-0.39, 0.29) is 18.2 Å². The SMILES string of the molecule is CNC(=O)c1ccc(CN(C)C(=O)CCc2nnc(-c3ccsc3)o2)cc1. The van der Waals surface area contributed by atoms with E-state index in [0.29, 0.717) is 30.3 Å². The van der Waals surface area contributed by atoms with Crippen molar-refractivity contribution in [2.45, 2.75) is 19.4 Å². The summed E-state index contributed by atoms with van der Waals surface area (Å²) in [5.74, 6) is 0.782. The number of benzene rings is 1. The summed E-state index contributed by atoms with van der Waals surface area (Å²) >= 11 is 1.56. The molecule has 0 saturated heterocycles. The van der Waals surface area contributed by atoms with Crippen molar-refractivity contribution in [3.05, 3.63) is 58.1 Å². The number of nitrogens with one attached hydrogen (secondary N) is 1. The Bertz CT molecular complexity index is 903. The minimum Gasteiger partial charge on any atom is -0.421 e. The van der Waals surface area contributed by atoms with Gasteiger partial charge in [0, 0.05) is 50.0 Å². The third-order valence-corrected chi connectivity index (χ3v) is 4.76. The van der Waals surface area contributed by atoms with Crippen molar-refractivity contribution < 1.29 is 14.0 Å². The number of rotatable bonds is 7. The van der Waals surface area contributed by atoms with Crippen molar-refractivity contribution in [2.75, 3.05) is 14.1 Å². The average molecular weight is 384 g/mol. The van der Waals surface area contributed by atoms with E-state index < -0.39 is 0 Å². The summed E-state index contributed by atoms with van der Waals surface area (Å²) in [4.78, 5) is 25.6. The van der Waals surface area contributed by atoms with E-state index in [1.165, 1.54) is 0 Å². The molecule has 0 saturated carbocycles. The van der Waals surface area contributed by atoms with Crippen molar-refractivity contribution in [2.24, 2.45) is 0 Å². The topological polar surface area (TPSA) is 88.3 Å². The van der Waals surface area contributed by atoms with Crippen LogP contribution in [0.5, 0.6) is 0 Å². The molecule has 0 radical (unpaired) electrons. The number of nitrogens with zero attached hydrogens (tertiary/aromatic N) is 3. The van der Waals surface area contributed by atoms with E-state index in [2.05, 4.69) is 15.5 Å². The van der Waals surface area contributed by atoms with E-state index in [4.69, 9.17) is 4.42 Å². The maximum Gasteiger partial charge on any atom is 0.251 e. The fraction of sp³-hybridized carbons (Fsp3) is 0.263. The van der Waals surface area contributed by atoms with Gasteiger partial charge in [-0.25, -0.2) is 0 Å². The first-order valence-corrected chi connectivity index (χ1v) is 9.41. The molecular weight excluding hydrogens is 364 g/mol. The Morgan fingerprint density at radius 1 is 1.19 bits per heavy atom. The molecule has 1 aromatic carbocycles. The summed E-state index contributed by atoms with van der Waals surface area (Å²) < 4.78 is 5.60. The largest absolute Gasteiger partial charge is 0.421 e.